The minimum Gasteiger partial charge on any atom is -0.497 e. The van der Waals surface area contributed by atoms with Gasteiger partial charge in [0, 0.05) is 35.5 Å². The minimum atomic E-state index is -0.874. The van der Waals surface area contributed by atoms with E-state index in [0.29, 0.717) is 87.8 Å². The second-order valence-electron chi connectivity index (χ2n) is 14.9. The van der Waals surface area contributed by atoms with E-state index in [9.17, 15) is 24.5 Å². The number of nitrogens with zero attached hydrogens (tertiary/aromatic N) is 4. The maximum absolute atomic E-state index is 11.0. The van der Waals surface area contributed by atoms with Gasteiger partial charge in [0.05, 0.1) is 61.8 Å². The third kappa shape index (κ3) is 19.9. The average Bonchev–Trinajstić information content (AvgIpc) is 3.92. The molecule has 0 amide bonds. The predicted octanol–water partition coefficient (Wildman–Crippen LogP) is 10.2. The highest BCUT2D eigenvalue weighted by Crippen LogP contribution is 2.29. The molecule has 0 saturated heterocycles. The monoisotopic (exact) mass is 1000 g/mol. The Morgan fingerprint density at radius 3 is 1.58 bits per heavy atom. The number of hydrogen-bond acceptors (Lipinski definition) is 17. The van der Waals surface area contributed by atoms with Gasteiger partial charge in [0.1, 0.15) is 55.7 Å². The van der Waals surface area contributed by atoms with Gasteiger partial charge in [-0.25, -0.2) is 0 Å². The van der Waals surface area contributed by atoms with Gasteiger partial charge in [0.2, 0.25) is 0 Å². The highest BCUT2D eigenvalue weighted by atomic mass is 16.9. The van der Waals surface area contributed by atoms with Crippen molar-refractivity contribution in [3.8, 4) is 34.7 Å². The Labute approximate surface area is 425 Å². The standard InChI is InChI=1S/2C16H17NO3.C15H14N2O6.C7H10O2.CH4/c1-3-13-5-4-6-14(17-13)11-20-16-9-15(19-2)8-7-12(16)10-18;1-2-14-4-3-5-15(17-14)11-20-16-7-6-12(9-18)8-13(16)10-19;1-21-14-6-5-11(8-18)7-15(14)22-9-12-3-2-4-13(16-12)10-23-17(19)20;1-3-6-4-5-7(8-2)9-6;/h4-10H,3,11H2,1-2H3;3-8,10,18H,2,9,11H2,1H3;2-8H,9-10H2,1H3;4-5H,3H2,1-2H3;1H4. The van der Waals surface area contributed by atoms with Gasteiger partial charge in [0.15, 0.2) is 24.1 Å². The van der Waals surface area contributed by atoms with Crippen molar-refractivity contribution in [2.24, 2.45) is 0 Å². The van der Waals surface area contributed by atoms with E-state index in [2.05, 4.69) is 26.7 Å². The second-order valence-corrected chi connectivity index (χ2v) is 14.9. The number of furan rings is 1. The Bertz CT molecular complexity index is 2780. The molecule has 0 fully saturated rings. The van der Waals surface area contributed by atoms with Crippen LogP contribution in [-0.4, -0.2) is 65.3 Å². The first-order chi connectivity index (χ1) is 35.0. The van der Waals surface area contributed by atoms with Crippen LogP contribution < -0.4 is 28.4 Å². The van der Waals surface area contributed by atoms with Crippen LogP contribution in [0.5, 0.6) is 34.7 Å². The Morgan fingerprint density at radius 2 is 1.10 bits per heavy atom. The van der Waals surface area contributed by atoms with Crippen LogP contribution in [0, 0.1) is 10.1 Å². The van der Waals surface area contributed by atoms with Crippen LogP contribution >= 0.6 is 0 Å². The van der Waals surface area contributed by atoms with Gasteiger partial charge < -0.3 is 42.8 Å². The van der Waals surface area contributed by atoms with Gasteiger partial charge in [-0.3, -0.25) is 29.3 Å². The van der Waals surface area contributed by atoms with Crippen LogP contribution in [0.1, 0.15) is 105 Å². The molecule has 0 bridgehead atoms. The molecule has 1 N–H and O–H groups in total. The molecule has 0 aliphatic heterocycles. The predicted molar refractivity (Wildman–Crippen MR) is 272 cm³/mol. The molecule has 18 nitrogen and oxygen atoms in total. The summed E-state index contributed by atoms with van der Waals surface area (Å²) in [4.78, 5) is 60.4. The fourth-order valence-corrected chi connectivity index (χ4v) is 6.20. The lowest BCUT2D eigenvalue weighted by molar-refractivity contribution is -0.763. The first kappa shape index (κ1) is 58.7. The summed E-state index contributed by atoms with van der Waals surface area (Å²) in [5.74, 6) is 4.11. The maximum Gasteiger partial charge on any atom is 0.294 e. The molecular weight excluding hydrogens is 941 g/mol. The molecule has 73 heavy (non-hydrogen) atoms. The second kappa shape index (κ2) is 32.3. The van der Waals surface area contributed by atoms with Crippen molar-refractivity contribution < 1.29 is 62.3 Å². The molecule has 18 heteroatoms. The quantitative estimate of drug-likeness (QED) is 0.0378. The Kier molecular flexibility index (Phi) is 25.9. The third-order valence-electron chi connectivity index (χ3n) is 10.0. The first-order valence-electron chi connectivity index (χ1n) is 22.6. The molecule has 0 spiro atoms. The van der Waals surface area contributed by atoms with E-state index >= 15 is 0 Å². The average molecular weight is 1000 g/mol. The number of aliphatic hydroxyl groups excluding tert-OH is 1. The van der Waals surface area contributed by atoms with Gasteiger partial charge in [-0.05, 0) is 103 Å². The summed E-state index contributed by atoms with van der Waals surface area (Å²) >= 11 is 0. The van der Waals surface area contributed by atoms with Gasteiger partial charge >= 0.3 is 0 Å². The molecule has 0 aliphatic carbocycles. The summed E-state index contributed by atoms with van der Waals surface area (Å²) in [5.41, 5.74) is 6.75. The molecule has 0 radical (unpaired) electrons. The molecule has 3 aromatic carbocycles. The van der Waals surface area contributed by atoms with Crippen LogP contribution in [0.15, 0.2) is 126 Å². The molecule has 7 rings (SSSR count). The van der Waals surface area contributed by atoms with Crippen LogP contribution in [0.3, 0.4) is 0 Å². The van der Waals surface area contributed by atoms with E-state index in [-0.39, 0.29) is 27.2 Å². The smallest absolute Gasteiger partial charge is 0.294 e. The maximum atomic E-state index is 11.0. The van der Waals surface area contributed by atoms with E-state index in [1.807, 2.05) is 62.4 Å². The van der Waals surface area contributed by atoms with Crippen LogP contribution in [0.4, 0.5) is 0 Å². The number of carbonyl (C=O) groups is 3. The fraction of sp³-hybridized carbons (Fsp3) is 0.273. The van der Waals surface area contributed by atoms with Crippen LogP contribution in [-0.2, 0) is 57.1 Å². The summed E-state index contributed by atoms with van der Waals surface area (Å²) in [5, 5.41) is 18.4. The third-order valence-corrected chi connectivity index (χ3v) is 10.0. The van der Waals surface area contributed by atoms with E-state index in [1.54, 1.807) is 87.0 Å². The number of aromatic nitrogens is 3. The summed E-state index contributed by atoms with van der Waals surface area (Å²) in [7, 11) is 4.67. The van der Waals surface area contributed by atoms with Gasteiger partial charge in [0.25, 0.3) is 11.0 Å². The number of pyridine rings is 3. The number of hydrogen-bond donors (Lipinski definition) is 1. The van der Waals surface area contributed by atoms with Crippen molar-refractivity contribution in [3.05, 3.63) is 194 Å². The highest BCUT2D eigenvalue weighted by molar-refractivity contribution is 5.80. The first-order valence-corrected chi connectivity index (χ1v) is 22.6. The van der Waals surface area contributed by atoms with Gasteiger partial charge in [-0.15, -0.1) is 10.1 Å². The minimum absolute atomic E-state index is 0. The van der Waals surface area contributed by atoms with Crippen molar-refractivity contribution in [1.82, 2.24) is 15.0 Å². The molecule has 0 aliphatic rings. The molecule has 0 saturated carbocycles. The summed E-state index contributed by atoms with van der Waals surface area (Å²) in [6.45, 7) is 6.56. The Hall–Kier alpha value is -8.64. The van der Waals surface area contributed by atoms with E-state index < -0.39 is 5.09 Å². The number of carbonyl (C=O) groups excluding carboxylic acids is 3. The van der Waals surface area contributed by atoms with E-state index in [1.165, 1.54) is 7.11 Å². The zero-order valence-corrected chi connectivity index (χ0v) is 41.0. The SMILES string of the molecule is C.CCc1ccc(OC)o1.CCc1cccc(COc2cc(OC)ccc2C=O)n1.CCc1cccc(COc2ccc(CO)cc2C=O)n1.COc1ccc(C=O)cc1OCc1cccc(CO[N+](=O)[O-])n1. The highest BCUT2D eigenvalue weighted by Gasteiger charge is 2.10. The Morgan fingerprint density at radius 1 is 0.548 bits per heavy atom. The van der Waals surface area contributed by atoms with Crippen molar-refractivity contribution >= 4 is 18.9 Å². The van der Waals surface area contributed by atoms with Crippen molar-refractivity contribution in [2.45, 2.75) is 80.5 Å². The molecule has 4 heterocycles. The summed E-state index contributed by atoms with van der Waals surface area (Å²) in [6, 6.07) is 35.4. The number of aliphatic hydroxyl groups is 1. The number of methoxy groups -OCH3 is 3. The Balaban J connectivity index is 0.000000265. The molecular formula is C55H62N4O14. The zero-order valence-electron chi connectivity index (χ0n) is 41.0. The topological polar surface area (TPSA) is 231 Å². The van der Waals surface area contributed by atoms with E-state index in [4.69, 9.17) is 37.9 Å². The molecule has 4 aromatic heterocycles. The van der Waals surface area contributed by atoms with Crippen molar-refractivity contribution in [2.75, 3.05) is 21.3 Å². The van der Waals surface area contributed by atoms with Crippen LogP contribution in [0.2, 0.25) is 0 Å². The molecule has 7 aromatic rings. The van der Waals surface area contributed by atoms with Crippen molar-refractivity contribution in [1.29, 1.82) is 0 Å². The van der Waals surface area contributed by atoms with Crippen molar-refractivity contribution in [3.63, 3.8) is 0 Å². The molecule has 0 atom stereocenters. The normalized spacial score (nSPS) is 9.90. The largest absolute Gasteiger partial charge is 0.497 e. The summed E-state index contributed by atoms with van der Waals surface area (Å²) < 4.78 is 37.2. The number of aldehydes is 3. The van der Waals surface area contributed by atoms with Gasteiger partial charge in [-0.1, -0.05) is 52.5 Å². The van der Waals surface area contributed by atoms with Gasteiger partial charge in [-0.2, -0.15) is 0 Å². The number of ether oxygens (including phenoxy) is 6. The fourth-order valence-electron chi connectivity index (χ4n) is 6.20. The molecule has 0 unspecified atom stereocenters. The molecule has 386 valence electrons. The summed E-state index contributed by atoms with van der Waals surface area (Å²) in [6.07, 6.45) is 4.88. The van der Waals surface area contributed by atoms with E-state index in [0.717, 1.165) is 60.4 Å². The lowest BCUT2D eigenvalue weighted by Gasteiger charge is -2.11. The van der Waals surface area contributed by atoms with Crippen LogP contribution in [0.25, 0.3) is 0 Å². The lowest BCUT2D eigenvalue weighted by Crippen LogP contribution is -2.05. The number of aryl methyl sites for hydroxylation is 3. The zero-order chi connectivity index (χ0) is 52.1. The number of rotatable bonds is 22. The number of benzene rings is 3. The lowest BCUT2D eigenvalue weighted by atomic mass is 10.1.